The minimum Gasteiger partial charge on any atom is -0.456 e. The summed E-state index contributed by atoms with van der Waals surface area (Å²) in [5.74, 6) is -0.312. The van der Waals surface area contributed by atoms with Crippen molar-refractivity contribution in [3.05, 3.63) is 0 Å². The zero-order valence-corrected chi connectivity index (χ0v) is 19.1. The molecule has 1 spiro atoms. The zero-order chi connectivity index (χ0) is 22.2. The number of rotatable bonds is 6. The van der Waals surface area contributed by atoms with Gasteiger partial charge in [0.25, 0.3) is 0 Å². The lowest BCUT2D eigenvalue weighted by atomic mass is 9.39. The molecule has 0 N–H and O–H groups in total. The molecule has 31 heavy (non-hydrogen) atoms. The first-order valence-corrected chi connectivity index (χ1v) is 11.4. The highest BCUT2D eigenvalue weighted by atomic mass is 16.7. The van der Waals surface area contributed by atoms with Gasteiger partial charge in [0.1, 0.15) is 31.1 Å². The van der Waals surface area contributed by atoms with Crippen molar-refractivity contribution in [1.29, 1.82) is 0 Å². The summed E-state index contributed by atoms with van der Waals surface area (Å²) < 4.78 is 35.4. The average molecular weight is 439 g/mol. The number of ether oxygens (including phenoxy) is 6. The van der Waals surface area contributed by atoms with E-state index in [1.54, 1.807) is 14.2 Å². The maximum Gasteiger partial charge on any atom is 0.313 e. The normalized spacial score (nSPS) is 52.6. The van der Waals surface area contributed by atoms with Crippen LogP contribution in [-0.2, 0) is 38.0 Å². The van der Waals surface area contributed by atoms with Crippen molar-refractivity contribution >= 4 is 11.8 Å². The zero-order valence-electron chi connectivity index (χ0n) is 19.1. The highest BCUT2D eigenvalue weighted by molar-refractivity contribution is 5.88. The number of Topliss-reactive ketones (excluding diaryl/α,β-unsaturated/α-hetero) is 1. The van der Waals surface area contributed by atoms with Crippen LogP contribution in [0.1, 0.15) is 40.0 Å². The molecule has 5 rings (SSSR count). The molecule has 174 valence electrons. The highest BCUT2D eigenvalue weighted by Crippen LogP contribution is 2.73. The molecule has 4 bridgehead atoms. The first-order valence-electron chi connectivity index (χ1n) is 11.4. The van der Waals surface area contributed by atoms with E-state index in [1.807, 2.05) is 6.92 Å². The van der Waals surface area contributed by atoms with Gasteiger partial charge in [-0.2, -0.15) is 0 Å². The highest BCUT2D eigenvalue weighted by Gasteiger charge is 2.84. The van der Waals surface area contributed by atoms with Crippen LogP contribution in [-0.4, -0.2) is 70.1 Å². The molecule has 0 aromatic carbocycles. The SMILES string of the molecule is COCO[C@@H]1[C@@H]2[C@@]3(C)C(=O)CC[C@@H](C)[C@@H]3C[C@H](OCOC)[C@]23CO[C@]2(C)[C@H]1OC(=O)[C@@H]23. The average Bonchev–Trinajstić information content (AvgIpc) is 3.10. The van der Waals surface area contributed by atoms with Crippen LogP contribution in [0.4, 0.5) is 0 Å². The van der Waals surface area contributed by atoms with Gasteiger partial charge in [-0.3, -0.25) is 9.59 Å². The van der Waals surface area contributed by atoms with Gasteiger partial charge < -0.3 is 28.4 Å². The Balaban J connectivity index is 1.71. The van der Waals surface area contributed by atoms with Crippen LogP contribution in [0.5, 0.6) is 0 Å². The summed E-state index contributed by atoms with van der Waals surface area (Å²) in [6.45, 7) is 6.77. The molecule has 2 saturated heterocycles. The van der Waals surface area contributed by atoms with Crippen molar-refractivity contribution in [3.8, 4) is 0 Å². The molecule has 5 aliphatic rings. The van der Waals surface area contributed by atoms with E-state index in [2.05, 4.69) is 13.8 Å². The second kappa shape index (κ2) is 7.22. The quantitative estimate of drug-likeness (QED) is 0.459. The monoisotopic (exact) mass is 438 g/mol. The molecule has 8 heteroatoms. The molecule has 10 atom stereocenters. The van der Waals surface area contributed by atoms with E-state index in [9.17, 15) is 9.59 Å². The largest absolute Gasteiger partial charge is 0.456 e. The molecule has 3 aliphatic carbocycles. The van der Waals surface area contributed by atoms with E-state index >= 15 is 0 Å². The maximum absolute atomic E-state index is 13.6. The Labute approximate surface area is 183 Å². The lowest BCUT2D eigenvalue weighted by Crippen LogP contribution is -2.73. The molecule has 0 aromatic rings. The molecular weight excluding hydrogens is 404 g/mol. The smallest absolute Gasteiger partial charge is 0.313 e. The number of esters is 1. The van der Waals surface area contributed by atoms with Gasteiger partial charge in [-0.25, -0.2) is 0 Å². The van der Waals surface area contributed by atoms with E-state index in [-0.39, 0.29) is 43.3 Å². The Kier molecular flexibility index (Phi) is 5.07. The van der Waals surface area contributed by atoms with E-state index < -0.39 is 34.6 Å². The van der Waals surface area contributed by atoms with Crippen LogP contribution in [0, 0.1) is 34.5 Å². The molecule has 0 unspecified atom stereocenters. The number of ketones is 1. The third-order valence-electron chi connectivity index (χ3n) is 9.36. The first kappa shape index (κ1) is 21.8. The summed E-state index contributed by atoms with van der Waals surface area (Å²) in [6.07, 6.45) is 0.722. The molecule has 2 aliphatic heterocycles. The lowest BCUT2D eigenvalue weighted by Gasteiger charge is -2.64. The minimum absolute atomic E-state index is 0.0557. The third kappa shape index (κ3) is 2.54. The predicted octanol–water partition coefficient (Wildman–Crippen LogP) is 1.94. The van der Waals surface area contributed by atoms with E-state index in [1.165, 1.54) is 0 Å². The van der Waals surface area contributed by atoms with Crippen molar-refractivity contribution in [2.75, 3.05) is 34.4 Å². The Morgan fingerprint density at radius 1 is 1.10 bits per heavy atom. The van der Waals surface area contributed by atoms with Crippen molar-refractivity contribution in [3.63, 3.8) is 0 Å². The number of carbonyl (C=O) groups excluding carboxylic acids is 2. The number of hydrogen-bond donors (Lipinski definition) is 0. The molecule has 3 saturated carbocycles. The second-order valence-corrected chi connectivity index (χ2v) is 10.5. The summed E-state index contributed by atoms with van der Waals surface area (Å²) in [5, 5.41) is 0. The Hall–Kier alpha value is -1.06. The molecule has 0 amide bonds. The molecule has 0 radical (unpaired) electrons. The van der Waals surface area contributed by atoms with Gasteiger partial charge in [0, 0.05) is 37.4 Å². The van der Waals surface area contributed by atoms with Crippen LogP contribution in [0.15, 0.2) is 0 Å². The first-order chi connectivity index (χ1) is 14.8. The number of carbonyl (C=O) groups is 2. The molecular formula is C23H34O8. The number of fused-ring (bicyclic) bond motifs is 2. The molecule has 2 heterocycles. The Morgan fingerprint density at radius 2 is 1.81 bits per heavy atom. The van der Waals surface area contributed by atoms with E-state index in [0.717, 1.165) is 6.42 Å². The van der Waals surface area contributed by atoms with Crippen molar-refractivity contribution in [2.24, 2.45) is 34.5 Å². The summed E-state index contributed by atoms with van der Waals surface area (Å²) in [5.41, 5.74) is -2.18. The minimum atomic E-state index is -0.812. The second-order valence-electron chi connectivity index (χ2n) is 10.5. The Bertz CT molecular complexity index is 771. The summed E-state index contributed by atoms with van der Waals surface area (Å²) in [6, 6.07) is 0. The van der Waals surface area contributed by atoms with Gasteiger partial charge in [-0.15, -0.1) is 0 Å². The van der Waals surface area contributed by atoms with Crippen LogP contribution in [0.25, 0.3) is 0 Å². The molecule has 0 aromatic heterocycles. The predicted molar refractivity (Wildman–Crippen MR) is 107 cm³/mol. The van der Waals surface area contributed by atoms with Gasteiger partial charge in [-0.1, -0.05) is 13.8 Å². The standard InChI is InChI=1S/C23H34O8/c1-12-6-7-14(24)21(2)13(12)8-15(28-10-26-4)23-9-30-22(3)18(23)20(25)31-19(22)16(17(21)23)29-11-27-5/h12-13,15-19H,6-11H2,1-5H3/t12-,13+,15+,16-,17-,18+,19+,21-,22+,23-/m1/s1. The van der Waals surface area contributed by atoms with Gasteiger partial charge in [0.2, 0.25) is 0 Å². The van der Waals surface area contributed by atoms with Gasteiger partial charge in [-0.05, 0) is 31.6 Å². The van der Waals surface area contributed by atoms with Crippen LogP contribution < -0.4 is 0 Å². The van der Waals surface area contributed by atoms with Crippen LogP contribution >= 0.6 is 0 Å². The fraction of sp³-hybridized carbons (Fsp3) is 0.913. The van der Waals surface area contributed by atoms with Gasteiger partial charge in [0.15, 0.2) is 6.10 Å². The maximum atomic E-state index is 13.6. The number of methoxy groups -OCH3 is 2. The Morgan fingerprint density at radius 3 is 2.52 bits per heavy atom. The van der Waals surface area contributed by atoms with Crippen molar-refractivity contribution < 1.29 is 38.0 Å². The fourth-order valence-electron chi connectivity index (χ4n) is 8.17. The summed E-state index contributed by atoms with van der Waals surface area (Å²) in [4.78, 5) is 26.9. The fourth-order valence-corrected chi connectivity index (χ4v) is 8.17. The van der Waals surface area contributed by atoms with Crippen LogP contribution in [0.2, 0.25) is 0 Å². The molecule has 5 fully saturated rings. The van der Waals surface area contributed by atoms with Crippen LogP contribution in [0.3, 0.4) is 0 Å². The van der Waals surface area contributed by atoms with E-state index in [4.69, 9.17) is 28.4 Å². The van der Waals surface area contributed by atoms with E-state index in [0.29, 0.717) is 25.4 Å². The number of hydrogen-bond acceptors (Lipinski definition) is 8. The van der Waals surface area contributed by atoms with Gasteiger partial charge in [0.05, 0.1) is 18.6 Å². The molecule has 8 nitrogen and oxygen atoms in total. The lowest BCUT2D eigenvalue weighted by molar-refractivity contribution is -0.263. The van der Waals surface area contributed by atoms with Crippen molar-refractivity contribution in [1.82, 2.24) is 0 Å². The third-order valence-corrected chi connectivity index (χ3v) is 9.36. The van der Waals surface area contributed by atoms with Gasteiger partial charge >= 0.3 is 5.97 Å². The summed E-state index contributed by atoms with van der Waals surface area (Å²) in [7, 11) is 3.16. The summed E-state index contributed by atoms with van der Waals surface area (Å²) >= 11 is 0. The topological polar surface area (TPSA) is 89.5 Å². The van der Waals surface area contributed by atoms with Crippen molar-refractivity contribution in [2.45, 2.75) is 63.9 Å².